The van der Waals surface area contributed by atoms with Gasteiger partial charge in [-0.1, -0.05) is 26.0 Å². The zero-order valence-corrected chi connectivity index (χ0v) is 29.3. The maximum atomic E-state index is 14.9. The second-order valence-electron chi connectivity index (χ2n) is 13.3. The van der Waals surface area contributed by atoms with Gasteiger partial charge >= 0.3 is 12.1 Å². The third-order valence-corrected chi connectivity index (χ3v) is 11.2. The SMILES string of the molecule is C/C(=C\c1cc(F)cc(N2CCN(S(=O)(=O)CCO)CC2)c1)[C@H]1OC(=O)C[C@H](O)CC[C@H](C)[C@@H](OC(=O)N2CCN(C)CC2)/C=C\[C@@H]1C. The van der Waals surface area contributed by atoms with Crippen LogP contribution in [0, 0.1) is 17.7 Å². The van der Waals surface area contributed by atoms with Crippen LogP contribution < -0.4 is 4.90 Å². The third kappa shape index (κ3) is 10.5. The van der Waals surface area contributed by atoms with Gasteiger partial charge in [-0.05, 0) is 68.1 Å². The number of hydrogen-bond acceptors (Lipinski definition) is 10. The summed E-state index contributed by atoms with van der Waals surface area (Å²) in [6.45, 7) is 9.08. The van der Waals surface area contributed by atoms with Gasteiger partial charge in [-0.2, -0.15) is 4.31 Å². The first-order chi connectivity index (χ1) is 22.7. The van der Waals surface area contributed by atoms with E-state index in [9.17, 15) is 27.5 Å². The van der Waals surface area contributed by atoms with Crippen LogP contribution in [-0.4, -0.2) is 135 Å². The summed E-state index contributed by atoms with van der Waals surface area (Å²) < 4.78 is 52.8. The molecule has 1 amide bonds. The molecule has 48 heavy (non-hydrogen) atoms. The van der Waals surface area contributed by atoms with Gasteiger partial charge < -0.3 is 34.4 Å². The molecule has 0 aliphatic carbocycles. The minimum atomic E-state index is -3.55. The third-order valence-electron chi connectivity index (χ3n) is 9.35. The summed E-state index contributed by atoms with van der Waals surface area (Å²) in [5.74, 6) is -1.79. The Kier molecular flexibility index (Phi) is 13.4. The van der Waals surface area contributed by atoms with Gasteiger partial charge in [-0.25, -0.2) is 17.6 Å². The summed E-state index contributed by atoms with van der Waals surface area (Å²) in [5.41, 5.74) is 1.80. The van der Waals surface area contributed by atoms with Gasteiger partial charge in [0.2, 0.25) is 10.0 Å². The highest BCUT2D eigenvalue weighted by atomic mass is 32.2. The minimum absolute atomic E-state index is 0.104. The molecule has 268 valence electrons. The second kappa shape index (κ2) is 17.1. The van der Waals surface area contributed by atoms with Gasteiger partial charge in [0.15, 0.2) is 0 Å². The molecule has 2 saturated heterocycles. The Morgan fingerprint density at radius 1 is 1.04 bits per heavy atom. The van der Waals surface area contributed by atoms with E-state index in [1.807, 2.05) is 37.9 Å². The molecule has 14 heteroatoms. The number of esters is 1. The molecule has 0 spiro atoms. The van der Waals surface area contributed by atoms with Crippen molar-refractivity contribution < 1.29 is 42.1 Å². The number of sulfonamides is 1. The Hall–Kier alpha value is -3.04. The van der Waals surface area contributed by atoms with E-state index >= 15 is 0 Å². The minimum Gasteiger partial charge on any atom is -0.457 e. The van der Waals surface area contributed by atoms with Gasteiger partial charge in [-0.15, -0.1) is 0 Å². The van der Waals surface area contributed by atoms with Crippen LogP contribution >= 0.6 is 0 Å². The van der Waals surface area contributed by atoms with E-state index in [0.717, 1.165) is 13.1 Å². The first-order valence-corrected chi connectivity index (χ1v) is 18.4. The van der Waals surface area contributed by atoms with Crippen LogP contribution in [0.3, 0.4) is 0 Å². The van der Waals surface area contributed by atoms with E-state index in [-0.39, 0.29) is 43.2 Å². The molecule has 0 unspecified atom stereocenters. The van der Waals surface area contributed by atoms with Crippen LogP contribution in [0.15, 0.2) is 35.9 Å². The standard InChI is InChI=1S/C34H51FN4O8S/c1-24-5-7-30(41)23-32(42)47-33(25(2)6-8-31(24)46-34(43)38-11-9-36(4)10-12-38)26(3)19-27-20-28(35)22-29(21-27)37-13-15-39(16-14-37)48(44,45)18-17-40/h6,8,19-22,24-25,30-31,33,40-41H,5,7,9-18,23H2,1-4H3/b8-6-,26-19+/t24-,25-,30+,31-,33-/m0/s1. The first-order valence-electron chi connectivity index (χ1n) is 16.8. The van der Waals surface area contributed by atoms with Gasteiger partial charge in [0.1, 0.15) is 18.0 Å². The number of halogens is 1. The lowest BCUT2D eigenvalue weighted by Gasteiger charge is -2.35. The number of benzene rings is 1. The maximum Gasteiger partial charge on any atom is 0.410 e. The largest absolute Gasteiger partial charge is 0.457 e. The van der Waals surface area contributed by atoms with E-state index in [4.69, 9.17) is 14.6 Å². The fraction of sp³-hybridized carbons (Fsp3) is 0.647. The number of aliphatic hydroxyl groups is 2. The van der Waals surface area contributed by atoms with Crippen LogP contribution in [0.4, 0.5) is 14.9 Å². The predicted molar refractivity (Wildman–Crippen MR) is 181 cm³/mol. The Morgan fingerprint density at radius 3 is 2.40 bits per heavy atom. The molecule has 2 fully saturated rings. The average molecular weight is 695 g/mol. The normalized spacial score (nSPS) is 28.3. The Bertz CT molecular complexity index is 1420. The number of likely N-dealkylation sites (N-methyl/N-ethyl adjacent to an activating group) is 1. The number of amides is 1. The summed E-state index contributed by atoms with van der Waals surface area (Å²) in [6.07, 6.45) is 3.62. The van der Waals surface area contributed by atoms with Crippen LogP contribution in [-0.2, 0) is 24.3 Å². The molecule has 0 saturated carbocycles. The smallest absolute Gasteiger partial charge is 0.410 e. The number of anilines is 1. The highest BCUT2D eigenvalue weighted by Crippen LogP contribution is 2.28. The monoisotopic (exact) mass is 694 g/mol. The maximum absolute atomic E-state index is 14.9. The lowest BCUT2D eigenvalue weighted by Crippen LogP contribution is -2.49. The fourth-order valence-electron chi connectivity index (χ4n) is 6.31. The molecule has 1 aromatic carbocycles. The molecule has 0 radical (unpaired) electrons. The molecule has 12 nitrogen and oxygen atoms in total. The second-order valence-corrected chi connectivity index (χ2v) is 15.4. The summed E-state index contributed by atoms with van der Waals surface area (Å²) >= 11 is 0. The van der Waals surface area contributed by atoms with E-state index in [2.05, 4.69) is 4.90 Å². The summed E-state index contributed by atoms with van der Waals surface area (Å²) in [6, 6.07) is 4.59. The number of piperazine rings is 2. The molecule has 2 N–H and O–H groups in total. The lowest BCUT2D eigenvalue weighted by atomic mass is 9.91. The van der Waals surface area contributed by atoms with Crippen molar-refractivity contribution in [2.45, 2.75) is 58.3 Å². The number of aliphatic hydroxyl groups excluding tert-OH is 2. The van der Waals surface area contributed by atoms with Crippen molar-refractivity contribution in [1.29, 1.82) is 0 Å². The number of ether oxygens (including phenoxy) is 2. The highest BCUT2D eigenvalue weighted by molar-refractivity contribution is 7.89. The molecular weight excluding hydrogens is 643 g/mol. The summed E-state index contributed by atoms with van der Waals surface area (Å²) in [5, 5.41) is 19.7. The van der Waals surface area contributed by atoms with Gasteiger partial charge in [-0.3, -0.25) is 4.79 Å². The summed E-state index contributed by atoms with van der Waals surface area (Å²) in [4.78, 5) is 31.8. The van der Waals surface area contributed by atoms with Crippen molar-refractivity contribution in [2.75, 3.05) is 76.7 Å². The van der Waals surface area contributed by atoms with Crippen LogP contribution in [0.1, 0.15) is 45.6 Å². The Labute approximate surface area is 283 Å². The predicted octanol–water partition coefficient (Wildman–Crippen LogP) is 2.71. The van der Waals surface area contributed by atoms with Gasteiger partial charge in [0.25, 0.3) is 0 Å². The number of rotatable bonds is 7. The van der Waals surface area contributed by atoms with Crippen molar-refractivity contribution in [3.05, 3.63) is 47.3 Å². The molecule has 1 aromatic rings. The zero-order chi connectivity index (χ0) is 35.0. The van der Waals surface area contributed by atoms with Crippen molar-refractivity contribution in [2.24, 2.45) is 11.8 Å². The van der Waals surface area contributed by atoms with Gasteiger partial charge in [0.05, 0.1) is 24.9 Å². The molecule has 0 bridgehead atoms. The number of carbonyl (C=O) groups excluding carboxylic acids is 2. The Morgan fingerprint density at radius 2 is 1.73 bits per heavy atom. The van der Waals surface area contributed by atoms with Gasteiger partial charge in [0, 0.05) is 64.0 Å². The van der Waals surface area contributed by atoms with Crippen LogP contribution in [0.25, 0.3) is 6.08 Å². The van der Waals surface area contributed by atoms with E-state index in [1.54, 1.807) is 24.0 Å². The highest BCUT2D eigenvalue weighted by Gasteiger charge is 2.30. The van der Waals surface area contributed by atoms with Crippen molar-refractivity contribution >= 4 is 33.8 Å². The molecule has 3 aliphatic rings. The number of nitrogens with zero attached hydrogens (tertiary/aromatic N) is 4. The molecule has 4 rings (SSSR count). The van der Waals surface area contributed by atoms with Crippen molar-refractivity contribution in [1.82, 2.24) is 14.1 Å². The van der Waals surface area contributed by atoms with Crippen LogP contribution in [0.2, 0.25) is 0 Å². The number of hydrogen-bond donors (Lipinski definition) is 2. The zero-order valence-electron chi connectivity index (χ0n) is 28.5. The Balaban J connectivity index is 1.53. The summed E-state index contributed by atoms with van der Waals surface area (Å²) in [7, 11) is -1.54. The average Bonchev–Trinajstić information content (AvgIpc) is 3.03. The van der Waals surface area contributed by atoms with E-state index in [1.165, 1.54) is 16.4 Å². The first kappa shape index (κ1) is 37.8. The fourth-order valence-corrected chi connectivity index (χ4v) is 7.51. The van der Waals surface area contributed by atoms with Crippen LogP contribution in [0.5, 0.6) is 0 Å². The molecular formula is C34H51FN4O8S. The topological polar surface area (TPSA) is 140 Å². The molecule has 5 atom stereocenters. The van der Waals surface area contributed by atoms with Crippen molar-refractivity contribution in [3.8, 4) is 0 Å². The molecule has 0 aromatic heterocycles. The molecule has 3 heterocycles. The van der Waals surface area contributed by atoms with E-state index in [0.29, 0.717) is 55.8 Å². The van der Waals surface area contributed by atoms with Crippen molar-refractivity contribution in [3.63, 3.8) is 0 Å². The number of carbonyl (C=O) groups is 2. The quantitative estimate of drug-likeness (QED) is 0.324. The molecule has 3 aliphatic heterocycles. The van der Waals surface area contributed by atoms with E-state index < -0.39 is 46.7 Å². The lowest BCUT2D eigenvalue weighted by molar-refractivity contribution is -0.151. The number of cyclic esters (lactones) is 1.